The number of methoxy groups -OCH3 is 1. The summed E-state index contributed by atoms with van der Waals surface area (Å²) >= 11 is 9.42. The molecule has 0 spiro atoms. The lowest BCUT2D eigenvalue weighted by molar-refractivity contribution is -0.142. The zero-order valence-corrected chi connectivity index (χ0v) is 14.5. The predicted molar refractivity (Wildman–Crippen MR) is 89.8 cm³/mol. The van der Waals surface area contributed by atoms with Gasteiger partial charge in [0.25, 0.3) is 0 Å². The molecular weight excluding hydrogens is 354 g/mol. The maximum atomic E-state index is 12.2. The van der Waals surface area contributed by atoms with Gasteiger partial charge < -0.3 is 10.1 Å². The van der Waals surface area contributed by atoms with Gasteiger partial charge in [0, 0.05) is 10.2 Å². The predicted octanol–water partition coefficient (Wildman–Crippen LogP) is 5.03. The van der Waals surface area contributed by atoms with Crippen molar-refractivity contribution in [1.29, 1.82) is 0 Å². The van der Waals surface area contributed by atoms with E-state index in [0.29, 0.717) is 10.9 Å². The number of hydrogen-bond acceptors (Lipinski definition) is 3. The van der Waals surface area contributed by atoms with E-state index in [1.165, 1.54) is 32.8 Å². The first kappa shape index (κ1) is 16.6. The molecule has 0 amide bonds. The van der Waals surface area contributed by atoms with Gasteiger partial charge in [-0.1, -0.05) is 37.3 Å². The molecule has 0 bridgehead atoms. The highest BCUT2D eigenvalue weighted by atomic mass is 79.9. The molecule has 0 radical (unpaired) electrons. The lowest BCUT2D eigenvalue weighted by atomic mass is 9.91. The van der Waals surface area contributed by atoms with Crippen molar-refractivity contribution in [3.05, 3.63) is 27.7 Å². The van der Waals surface area contributed by atoms with Crippen molar-refractivity contribution < 1.29 is 9.53 Å². The number of carbonyl (C=O) groups is 1. The zero-order valence-electron chi connectivity index (χ0n) is 12.2. The summed E-state index contributed by atoms with van der Waals surface area (Å²) in [6.45, 7) is 0. The highest BCUT2D eigenvalue weighted by molar-refractivity contribution is 9.10. The summed E-state index contributed by atoms with van der Waals surface area (Å²) in [5.74, 6) is 0.141. The Morgan fingerprint density at radius 2 is 2.00 bits per heavy atom. The summed E-state index contributed by atoms with van der Waals surface area (Å²) in [6.07, 6.45) is 7.03. The topological polar surface area (TPSA) is 38.3 Å². The summed E-state index contributed by atoms with van der Waals surface area (Å²) in [7, 11) is 1.45. The molecule has 5 heteroatoms. The van der Waals surface area contributed by atoms with Crippen LogP contribution in [0.2, 0.25) is 5.02 Å². The Kier molecular flexibility index (Phi) is 6.37. The molecule has 1 fully saturated rings. The van der Waals surface area contributed by atoms with Gasteiger partial charge in [0.1, 0.15) is 6.04 Å². The third-order valence-corrected chi connectivity index (χ3v) is 5.28. The number of esters is 1. The smallest absolute Gasteiger partial charge is 0.328 e. The van der Waals surface area contributed by atoms with Crippen molar-refractivity contribution in [2.45, 2.75) is 44.6 Å². The Morgan fingerprint density at radius 1 is 1.33 bits per heavy atom. The molecule has 21 heavy (non-hydrogen) atoms. The maximum absolute atomic E-state index is 12.2. The van der Waals surface area contributed by atoms with Crippen LogP contribution in [0.25, 0.3) is 0 Å². The van der Waals surface area contributed by atoms with Gasteiger partial charge in [0.15, 0.2) is 0 Å². The minimum atomic E-state index is -0.291. The second-order valence-electron chi connectivity index (χ2n) is 5.53. The van der Waals surface area contributed by atoms with E-state index in [9.17, 15) is 4.79 Å². The molecule has 1 aromatic carbocycles. The molecule has 1 aromatic rings. The van der Waals surface area contributed by atoms with Crippen LogP contribution >= 0.6 is 27.5 Å². The van der Waals surface area contributed by atoms with Gasteiger partial charge in [-0.25, -0.2) is 4.79 Å². The quantitative estimate of drug-likeness (QED) is 0.593. The fourth-order valence-electron chi connectivity index (χ4n) is 2.91. The van der Waals surface area contributed by atoms with Gasteiger partial charge in [0.2, 0.25) is 0 Å². The van der Waals surface area contributed by atoms with Crippen LogP contribution in [0.5, 0.6) is 0 Å². The first-order chi connectivity index (χ1) is 10.1. The van der Waals surface area contributed by atoms with Gasteiger partial charge in [-0.15, -0.1) is 0 Å². The highest BCUT2D eigenvalue weighted by Gasteiger charge is 2.29. The highest BCUT2D eigenvalue weighted by Crippen LogP contribution is 2.30. The van der Waals surface area contributed by atoms with E-state index < -0.39 is 0 Å². The Labute approximate surface area is 139 Å². The first-order valence-corrected chi connectivity index (χ1v) is 8.58. The van der Waals surface area contributed by atoms with Gasteiger partial charge in [-0.05, 0) is 52.9 Å². The molecule has 1 saturated carbocycles. The van der Waals surface area contributed by atoms with Gasteiger partial charge in [-0.3, -0.25) is 0 Å². The number of benzene rings is 1. The third kappa shape index (κ3) is 4.62. The van der Waals surface area contributed by atoms with Crippen LogP contribution < -0.4 is 5.32 Å². The summed E-state index contributed by atoms with van der Waals surface area (Å²) in [5.41, 5.74) is 0.880. The van der Waals surface area contributed by atoms with Crippen molar-refractivity contribution in [3.63, 3.8) is 0 Å². The third-order valence-electron chi connectivity index (χ3n) is 4.07. The van der Waals surface area contributed by atoms with Crippen LogP contribution in [0.15, 0.2) is 22.7 Å². The fraction of sp³-hybridized carbons (Fsp3) is 0.562. The molecule has 1 N–H and O–H groups in total. The standard InChI is InChI=1S/C16H21BrClNO2/c1-21-16(20)15(11-6-4-2-3-5-7-11)19-12-8-9-14(18)13(17)10-12/h8-11,15,19H,2-7H2,1H3. The summed E-state index contributed by atoms with van der Waals surface area (Å²) < 4.78 is 5.81. The Hall–Kier alpha value is -0.740. The molecule has 0 aromatic heterocycles. The monoisotopic (exact) mass is 373 g/mol. The van der Waals surface area contributed by atoms with Gasteiger partial charge in [0.05, 0.1) is 12.1 Å². The molecule has 3 nitrogen and oxygen atoms in total. The van der Waals surface area contributed by atoms with E-state index in [1.54, 1.807) is 0 Å². The molecular formula is C16H21BrClNO2. The number of halogens is 2. The van der Waals surface area contributed by atoms with Crippen LogP contribution in [-0.4, -0.2) is 19.1 Å². The van der Waals surface area contributed by atoms with E-state index in [4.69, 9.17) is 16.3 Å². The van der Waals surface area contributed by atoms with Crippen molar-refractivity contribution in [1.82, 2.24) is 0 Å². The van der Waals surface area contributed by atoms with Crippen LogP contribution in [0, 0.1) is 5.92 Å². The summed E-state index contributed by atoms with van der Waals surface area (Å²) in [6, 6.07) is 5.31. The second kappa shape index (κ2) is 8.04. The minimum Gasteiger partial charge on any atom is -0.467 e. The number of ether oxygens (including phenoxy) is 1. The Bertz CT molecular complexity index is 487. The van der Waals surface area contributed by atoms with Crippen LogP contribution in [-0.2, 0) is 9.53 Å². The van der Waals surface area contributed by atoms with Gasteiger partial charge in [-0.2, -0.15) is 0 Å². The number of anilines is 1. The van der Waals surface area contributed by atoms with Crippen molar-refractivity contribution in [3.8, 4) is 0 Å². The molecule has 0 saturated heterocycles. The molecule has 2 rings (SSSR count). The number of hydrogen-bond donors (Lipinski definition) is 1. The average molecular weight is 375 g/mol. The van der Waals surface area contributed by atoms with Crippen LogP contribution in [0.4, 0.5) is 5.69 Å². The average Bonchev–Trinajstić information content (AvgIpc) is 2.76. The molecule has 0 heterocycles. The molecule has 116 valence electrons. The number of nitrogens with one attached hydrogen (secondary N) is 1. The summed E-state index contributed by atoms with van der Waals surface area (Å²) in [5, 5.41) is 3.99. The normalized spacial score (nSPS) is 17.9. The second-order valence-corrected chi connectivity index (χ2v) is 6.79. The van der Waals surface area contributed by atoms with Crippen LogP contribution in [0.3, 0.4) is 0 Å². The molecule has 1 aliphatic rings. The van der Waals surface area contributed by atoms with E-state index in [0.717, 1.165) is 23.0 Å². The van der Waals surface area contributed by atoms with E-state index >= 15 is 0 Å². The molecule has 1 atom stereocenters. The van der Waals surface area contributed by atoms with E-state index in [-0.39, 0.29) is 12.0 Å². The number of rotatable bonds is 4. The fourth-order valence-corrected chi connectivity index (χ4v) is 3.40. The largest absolute Gasteiger partial charge is 0.467 e. The minimum absolute atomic E-state index is 0.187. The van der Waals surface area contributed by atoms with E-state index in [2.05, 4.69) is 21.2 Å². The van der Waals surface area contributed by atoms with Gasteiger partial charge >= 0.3 is 5.97 Å². The molecule has 1 unspecified atom stereocenters. The molecule has 0 aliphatic heterocycles. The van der Waals surface area contributed by atoms with E-state index in [1.807, 2.05) is 18.2 Å². The van der Waals surface area contributed by atoms with Crippen molar-refractivity contribution in [2.75, 3.05) is 12.4 Å². The SMILES string of the molecule is COC(=O)C(Nc1ccc(Cl)c(Br)c1)C1CCCCCC1. The summed E-state index contributed by atoms with van der Waals surface area (Å²) in [4.78, 5) is 12.2. The first-order valence-electron chi connectivity index (χ1n) is 7.41. The Balaban J connectivity index is 2.15. The lowest BCUT2D eigenvalue weighted by Gasteiger charge is -2.26. The van der Waals surface area contributed by atoms with Crippen LogP contribution in [0.1, 0.15) is 38.5 Å². The Morgan fingerprint density at radius 3 is 2.57 bits per heavy atom. The molecule has 1 aliphatic carbocycles. The zero-order chi connectivity index (χ0) is 15.2. The van der Waals surface area contributed by atoms with Crippen molar-refractivity contribution >= 4 is 39.2 Å². The van der Waals surface area contributed by atoms with Crippen molar-refractivity contribution in [2.24, 2.45) is 5.92 Å². The number of carbonyl (C=O) groups excluding carboxylic acids is 1. The maximum Gasteiger partial charge on any atom is 0.328 e. The lowest BCUT2D eigenvalue weighted by Crippen LogP contribution is -2.37.